The van der Waals surface area contributed by atoms with E-state index in [1.807, 2.05) is 89.8 Å². The highest BCUT2D eigenvalue weighted by molar-refractivity contribution is 7.15. The number of hydrogen-bond donors (Lipinski definition) is 0. The van der Waals surface area contributed by atoms with Crippen LogP contribution in [0.2, 0.25) is 0 Å². The minimum Gasteiger partial charge on any atom is -0.497 e. The molecular formula is C30H23N5O2S. The van der Waals surface area contributed by atoms with Crippen LogP contribution in [0, 0.1) is 6.92 Å². The fourth-order valence-electron chi connectivity index (χ4n) is 4.09. The topological polar surface area (TPSA) is 74.3 Å². The molecule has 8 heteroatoms. The van der Waals surface area contributed by atoms with Crippen molar-refractivity contribution in [2.24, 2.45) is 0 Å². The van der Waals surface area contributed by atoms with E-state index in [4.69, 9.17) is 9.84 Å². The molecule has 0 unspecified atom stereocenters. The molecule has 0 spiro atoms. The van der Waals surface area contributed by atoms with Gasteiger partial charge in [0.25, 0.3) is 5.56 Å². The van der Waals surface area contributed by atoms with Gasteiger partial charge in [-0.25, -0.2) is 4.68 Å². The number of fused-ring (bicyclic) bond motifs is 1. The van der Waals surface area contributed by atoms with Gasteiger partial charge in [-0.05, 0) is 48.9 Å². The van der Waals surface area contributed by atoms with Crippen LogP contribution in [0.3, 0.4) is 0 Å². The van der Waals surface area contributed by atoms with E-state index < -0.39 is 0 Å². The summed E-state index contributed by atoms with van der Waals surface area (Å²) < 4.78 is 8.94. The van der Waals surface area contributed by atoms with Gasteiger partial charge in [-0.1, -0.05) is 77.6 Å². The SMILES string of the molecule is COc1ccc(/C=C/c2nc3s/c(=C\c4cn(-c5ccccc5)nc4-c4ccc(C)cc4)c(=O)n3n2)cc1. The fraction of sp³-hybridized carbons (Fsp3) is 0.0667. The Morgan fingerprint density at radius 2 is 1.66 bits per heavy atom. The van der Waals surface area contributed by atoms with Crippen molar-refractivity contribution in [3.8, 4) is 22.7 Å². The van der Waals surface area contributed by atoms with E-state index in [1.54, 1.807) is 13.2 Å². The van der Waals surface area contributed by atoms with Gasteiger partial charge in [-0.2, -0.15) is 14.6 Å². The molecule has 0 fully saturated rings. The molecule has 0 N–H and O–H groups in total. The van der Waals surface area contributed by atoms with Gasteiger partial charge in [0.2, 0.25) is 4.96 Å². The Hall–Kier alpha value is -4.82. The molecule has 6 aromatic rings. The molecule has 0 radical (unpaired) electrons. The summed E-state index contributed by atoms with van der Waals surface area (Å²) in [6, 6.07) is 25.8. The number of aryl methyl sites for hydroxylation is 1. The van der Waals surface area contributed by atoms with Crippen molar-refractivity contribution < 1.29 is 4.74 Å². The summed E-state index contributed by atoms with van der Waals surface area (Å²) in [4.78, 5) is 18.3. The highest BCUT2D eigenvalue weighted by Crippen LogP contribution is 2.25. The number of rotatable bonds is 6. The van der Waals surface area contributed by atoms with E-state index in [0.29, 0.717) is 15.3 Å². The third-order valence-electron chi connectivity index (χ3n) is 6.11. The van der Waals surface area contributed by atoms with E-state index in [1.165, 1.54) is 21.4 Å². The zero-order valence-electron chi connectivity index (χ0n) is 20.8. The number of aromatic nitrogens is 5. The van der Waals surface area contributed by atoms with E-state index >= 15 is 0 Å². The molecule has 0 amide bonds. The van der Waals surface area contributed by atoms with Gasteiger partial charge in [0.15, 0.2) is 5.82 Å². The Morgan fingerprint density at radius 1 is 0.895 bits per heavy atom. The first-order chi connectivity index (χ1) is 18.6. The summed E-state index contributed by atoms with van der Waals surface area (Å²) in [7, 11) is 1.64. The molecule has 0 bridgehead atoms. The van der Waals surface area contributed by atoms with Gasteiger partial charge in [0, 0.05) is 17.3 Å². The van der Waals surface area contributed by atoms with E-state index in [2.05, 4.69) is 29.1 Å². The van der Waals surface area contributed by atoms with Crippen LogP contribution in [0.15, 0.2) is 89.9 Å². The summed E-state index contributed by atoms with van der Waals surface area (Å²) in [5.41, 5.74) is 5.52. The van der Waals surface area contributed by atoms with Gasteiger partial charge in [-0.15, -0.1) is 5.10 Å². The van der Waals surface area contributed by atoms with Crippen LogP contribution in [-0.4, -0.2) is 31.5 Å². The number of hydrogen-bond acceptors (Lipinski definition) is 6. The predicted octanol–water partition coefficient (Wildman–Crippen LogP) is 5.04. The smallest absolute Gasteiger partial charge is 0.291 e. The second-order valence-electron chi connectivity index (χ2n) is 8.77. The van der Waals surface area contributed by atoms with Crippen molar-refractivity contribution >= 4 is 34.5 Å². The average molecular weight is 518 g/mol. The van der Waals surface area contributed by atoms with Crippen LogP contribution < -0.4 is 14.8 Å². The Bertz CT molecular complexity index is 1870. The lowest BCUT2D eigenvalue weighted by Crippen LogP contribution is -2.23. The van der Waals surface area contributed by atoms with Gasteiger partial charge in [0.05, 0.1) is 23.0 Å². The van der Waals surface area contributed by atoms with Crippen molar-refractivity contribution in [1.29, 1.82) is 0 Å². The highest BCUT2D eigenvalue weighted by Gasteiger charge is 2.14. The number of methoxy groups -OCH3 is 1. The van der Waals surface area contributed by atoms with E-state index in [-0.39, 0.29) is 5.56 Å². The lowest BCUT2D eigenvalue weighted by Gasteiger charge is -2.01. The molecule has 7 nitrogen and oxygen atoms in total. The number of thiazole rings is 1. The fourth-order valence-corrected chi connectivity index (χ4v) is 4.99. The molecule has 186 valence electrons. The number of nitrogens with zero attached hydrogens (tertiary/aromatic N) is 5. The molecule has 0 aliphatic heterocycles. The zero-order valence-corrected chi connectivity index (χ0v) is 21.6. The number of para-hydroxylation sites is 1. The van der Waals surface area contributed by atoms with Gasteiger partial charge >= 0.3 is 0 Å². The average Bonchev–Trinajstić information content (AvgIpc) is 3.63. The Balaban J connectivity index is 1.38. The minimum absolute atomic E-state index is 0.205. The van der Waals surface area contributed by atoms with Crippen molar-refractivity contribution in [1.82, 2.24) is 24.4 Å². The van der Waals surface area contributed by atoms with Crippen molar-refractivity contribution in [3.63, 3.8) is 0 Å². The predicted molar refractivity (Wildman–Crippen MR) is 152 cm³/mol. The number of benzene rings is 3. The molecule has 3 heterocycles. The molecular weight excluding hydrogens is 494 g/mol. The summed E-state index contributed by atoms with van der Waals surface area (Å²) in [6.45, 7) is 2.05. The van der Waals surface area contributed by atoms with Gasteiger partial charge in [-0.3, -0.25) is 4.79 Å². The lowest BCUT2D eigenvalue weighted by atomic mass is 10.1. The Labute approximate surface area is 222 Å². The first kappa shape index (κ1) is 23.6. The monoisotopic (exact) mass is 517 g/mol. The first-order valence-corrected chi connectivity index (χ1v) is 12.8. The molecule has 3 aromatic heterocycles. The van der Waals surface area contributed by atoms with E-state index in [0.717, 1.165) is 33.8 Å². The van der Waals surface area contributed by atoms with Crippen LogP contribution in [0.1, 0.15) is 22.5 Å². The first-order valence-electron chi connectivity index (χ1n) is 12.0. The second-order valence-corrected chi connectivity index (χ2v) is 9.77. The molecule has 0 saturated carbocycles. The zero-order chi connectivity index (χ0) is 26.1. The summed E-state index contributed by atoms with van der Waals surface area (Å²) in [5.74, 6) is 1.27. The normalized spacial score (nSPS) is 12.1. The maximum absolute atomic E-state index is 13.2. The maximum atomic E-state index is 13.2. The maximum Gasteiger partial charge on any atom is 0.291 e. The van der Waals surface area contributed by atoms with Crippen LogP contribution in [-0.2, 0) is 0 Å². The van der Waals surface area contributed by atoms with Gasteiger partial charge in [0.1, 0.15) is 5.75 Å². The molecule has 6 rings (SSSR count). The largest absolute Gasteiger partial charge is 0.497 e. The molecule has 0 atom stereocenters. The Kier molecular flexibility index (Phi) is 6.15. The third kappa shape index (κ3) is 4.65. The quantitative estimate of drug-likeness (QED) is 0.310. The summed E-state index contributed by atoms with van der Waals surface area (Å²) >= 11 is 1.31. The van der Waals surface area contributed by atoms with Crippen LogP contribution >= 0.6 is 11.3 Å². The van der Waals surface area contributed by atoms with Crippen molar-refractivity contribution in [3.05, 3.63) is 122 Å². The van der Waals surface area contributed by atoms with Crippen molar-refractivity contribution in [2.75, 3.05) is 7.11 Å². The van der Waals surface area contributed by atoms with Gasteiger partial charge < -0.3 is 4.74 Å². The van der Waals surface area contributed by atoms with E-state index in [9.17, 15) is 4.79 Å². The summed E-state index contributed by atoms with van der Waals surface area (Å²) in [5, 5.41) is 9.28. The third-order valence-corrected chi connectivity index (χ3v) is 7.07. The molecule has 0 saturated heterocycles. The molecule has 38 heavy (non-hydrogen) atoms. The molecule has 3 aromatic carbocycles. The number of ether oxygens (including phenoxy) is 1. The standard InChI is InChI=1S/C30H23N5O2S/c1-20-8-13-22(14-9-20)28-23(19-34(33-28)24-6-4-3-5-7-24)18-26-29(36)35-30(38-26)31-27(32-35)17-12-21-10-15-25(37-2)16-11-21/h3-19H,1-2H3/b17-12+,26-18-. The minimum atomic E-state index is -0.205. The second kappa shape index (κ2) is 9.91. The molecule has 0 aliphatic carbocycles. The molecule has 0 aliphatic rings. The summed E-state index contributed by atoms with van der Waals surface area (Å²) in [6.07, 6.45) is 7.52. The van der Waals surface area contributed by atoms with Crippen LogP contribution in [0.4, 0.5) is 0 Å². The van der Waals surface area contributed by atoms with Crippen LogP contribution in [0.5, 0.6) is 5.75 Å². The van der Waals surface area contributed by atoms with Crippen molar-refractivity contribution in [2.45, 2.75) is 6.92 Å². The highest BCUT2D eigenvalue weighted by atomic mass is 32.1. The Morgan fingerprint density at radius 3 is 2.37 bits per heavy atom. The lowest BCUT2D eigenvalue weighted by molar-refractivity contribution is 0.415. The van der Waals surface area contributed by atoms with Crippen LogP contribution in [0.25, 0.3) is 40.1 Å².